The van der Waals surface area contributed by atoms with Crippen molar-refractivity contribution in [1.82, 2.24) is 0 Å². The minimum atomic E-state index is -0.723. The fourth-order valence-electron chi connectivity index (χ4n) is 3.27. The van der Waals surface area contributed by atoms with Gasteiger partial charge in [-0.15, -0.1) is 0 Å². The van der Waals surface area contributed by atoms with Gasteiger partial charge in [0.25, 0.3) is 0 Å². The summed E-state index contributed by atoms with van der Waals surface area (Å²) in [6.07, 6.45) is 6.65. The van der Waals surface area contributed by atoms with Gasteiger partial charge in [-0.1, -0.05) is 33.1 Å². The molecule has 0 aliphatic heterocycles. The summed E-state index contributed by atoms with van der Waals surface area (Å²) >= 11 is 0. The summed E-state index contributed by atoms with van der Waals surface area (Å²) in [6, 6.07) is 0. The van der Waals surface area contributed by atoms with Crippen LogP contribution in [0.5, 0.6) is 0 Å². The molecule has 1 aliphatic carbocycles. The Kier molecular flexibility index (Phi) is 7.97. The number of aliphatic hydroxyl groups is 3. The highest BCUT2D eigenvalue weighted by Crippen LogP contribution is 2.39. The average Bonchev–Trinajstić information content (AvgIpc) is 2.74. The molecule has 0 aromatic rings. The molecule has 0 aromatic heterocycles. The predicted octanol–water partition coefficient (Wildman–Crippen LogP) is 2.98. The van der Waals surface area contributed by atoms with Gasteiger partial charge in [0.05, 0.1) is 18.0 Å². The van der Waals surface area contributed by atoms with E-state index >= 15 is 0 Å². The first-order valence-electron chi connectivity index (χ1n) is 8.20. The second kappa shape index (κ2) is 9.21. The lowest BCUT2D eigenvalue weighted by Crippen LogP contribution is -2.24. The van der Waals surface area contributed by atoms with Crippen molar-refractivity contribution in [1.29, 1.82) is 0 Å². The number of aldehydes is 1. The largest absolute Gasteiger partial charge is 0.512 e. The summed E-state index contributed by atoms with van der Waals surface area (Å²) < 4.78 is 0. The van der Waals surface area contributed by atoms with Gasteiger partial charge in [0.2, 0.25) is 0 Å². The normalized spacial score (nSPS) is 31.3. The third-order valence-corrected chi connectivity index (χ3v) is 4.59. The van der Waals surface area contributed by atoms with Crippen LogP contribution in [0.15, 0.2) is 11.8 Å². The number of aliphatic hydroxyl groups excluding tert-OH is 3. The smallest absolute Gasteiger partial charge is 0.120 e. The topological polar surface area (TPSA) is 77.8 Å². The molecule has 0 saturated heterocycles. The van der Waals surface area contributed by atoms with Gasteiger partial charge >= 0.3 is 0 Å². The number of carbonyl (C=O) groups is 1. The van der Waals surface area contributed by atoms with Crippen LogP contribution in [0.1, 0.15) is 58.8 Å². The van der Waals surface area contributed by atoms with Crippen LogP contribution in [-0.2, 0) is 4.79 Å². The molecule has 1 rings (SSSR count). The van der Waals surface area contributed by atoms with E-state index in [1.165, 1.54) is 12.8 Å². The van der Waals surface area contributed by atoms with Crippen molar-refractivity contribution >= 4 is 6.29 Å². The Bertz CT molecular complexity index is 340. The van der Waals surface area contributed by atoms with E-state index in [9.17, 15) is 20.1 Å². The second-order valence-electron chi connectivity index (χ2n) is 6.42. The van der Waals surface area contributed by atoms with Gasteiger partial charge in [-0.2, -0.15) is 0 Å². The highest BCUT2D eigenvalue weighted by Gasteiger charge is 2.43. The molecule has 1 unspecified atom stereocenters. The van der Waals surface area contributed by atoms with Crippen molar-refractivity contribution in [2.75, 3.05) is 0 Å². The van der Waals surface area contributed by atoms with Crippen molar-refractivity contribution in [2.24, 2.45) is 17.8 Å². The minimum Gasteiger partial charge on any atom is -0.512 e. The van der Waals surface area contributed by atoms with Gasteiger partial charge < -0.3 is 20.1 Å². The number of carbonyl (C=O) groups excluding carboxylic acids is 1. The van der Waals surface area contributed by atoms with Crippen molar-refractivity contribution in [3.8, 4) is 0 Å². The van der Waals surface area contributed by atoms with Crippen molar-refractivity contribution in [2.45, 2.75) is 71.0 Å². The number of rotatable bonds is 9. The third kappa shape index (κ3) is 5.44. The summed E-state index contributed by atoms with van der Waals surface area (Å²) in [5.41, 5.74) is 0. The molecule has 0 heterocycles. The maximum absolute atomic E-state index is 10.5. The van der Waals surface area contributed by atoms with Crippen molar-refractivity contribution in [3.63, 3.8) is 0 Å². The molecule has 0 spiro atoms. The summed E-state index contributed by atoms with van der Waals surface area (Å²) in [5, 5.41) is 30.3. The quantitative estimate of drug-likeness (QED) is 0.452. The maximum Gasteiger partial charge on any atom is 0.120 e. The van der Waals surface area contributed by atoms with Gasteiger partial charge in [0, 0.05) is 18.8 Å². The van der Waals surface area contributed by atoms with Crippen LogP contribution in [0.4, 0.5) is 0 Å². The Morgan fingerprint density at radius 1 is 1.33 bits per heavy atom. The van der Waals surface area contributed by atoms with E-state index in [2.05, 4.69) is 13.8 Å². The van der Waals surface area contributed by atoms with Gasteiger partial charge in [-0.25, -0.2) is 0 Å². The molecule has 5 atom stereocenters. The highest BCUT2D eigenvalue weighted by molar-refractivity contribution is 5.49. The van der Waals surface area contributed by atoms with Gasteiger partial charge in [-0.05, 0) is 30.8 Å². The Morgan fingerprint density at radius 3 is 2.67 bits per heavy atom. The van der Waals surface area contributed by atoms with E-state index in [0.717, 1.165) is 19.1 Å². The average molecular weight is 298 g/mol. The van der Waals surface area contributed by atoms with Crippen LogP contribution in [0, 0.1) is 17.8 Å². The highest BCUT2D eigenvalue weighted by atomic mass is 16.3. The van der Waals surface area contributed by atoms with Gasteiger partial charge in [0.15, 0.2) is 0 Å². The second-order valence-corrected chi connectivity index (χ2v) is 6.42. The Balaban J connectivity index is 2.63. The summed E-state index contributed by atoms with van der Waals surface area (Å²) in [7, 11) is 0. The van der Waals surface area contributed by atoms with Crippen molar-refractivity contribution in [3.05, 3.63) is 11.8 Å². The fraction of sp³-hybridized carbons (Fsp3) is 0.824. The zero-order valence-electron chi connectivity index (χ0n) is 13.2. The molecular formula is C17H30O4. The molecule has 4 heteroatoms. The number of hydrogen-bond acceptors (Lipinski definition) is 4. The minimum absolute atomic E-state index is 0.179. The lowest BCUT2D eigenvalue weighted by molar-refractivity contribution is -0.108. The number of allylic oxidation sites excluding steroid dienone is 1. The molecule has 3 N–H and O–H groups in total. The van der Waals surface area contributed by atoms with E-state index < -0.39 is 18.1 Å². The van der Waals surface area contributed by atoms with E-state index in [4.69, 9.17) is 0 Å². The molecule has 0 bridgehead atoms. The molecule has 1 aliphatic rings. The van der Waals surface area contributed by atoms with Crippen LogP contribution >= 0.6 is 0 Å². The van der Waals surface area contributed by atoms with E-state index in [1.807, 2.05) is 0 Å². The molecule has 122 valence electrons. The molecule has 0 amide bonds. The zero-order chi connectivity index (χ0) is 15.8. The summed E-state index contributed by atoms with van der Waals surface area (Å²) in [5.74, 6) is 0.0213. The zero-order valence-corrected chi connectivity index (χ0v) is 13.2. The molecule has 1 fully saturated rings. The molecule has 4 nitrogen and oxygen atoms in total. The predicted molar refractivity (Wildman–Crippen MR) is 82.9 cm³/mol. The Morgan fingerprint density at radius 2 is 2.05 bits per heavy atom. The van der Waals surface area contributed by atoms with Crippen LogP contribution in [0.3, 0.4) is 0 Å². The molecular weight excluding hydrogens is 268 g/mol. The van der Waals surface area contributed by atoms with Gasteiger partial charge in [-0.3, -0.25) is 0 Å². The SMILES string of the molecule is CCCCC(C)CC=C(O)[C@H]1[C@H](CCC=O)[C@H](O)C[C@H]1O. The lowest BCUT2D eigenvalue weighted by Gasteiger charge is -2.22. The van der Waals surface area contributed by atoms with Crippen LogP contribution in [0.25, 0.3) is 0 Å². The lowest BCUT2D eigenvalue weighted by atomic mass is 9.87. The molecule has 0 aromatic carbocycles. The molecule has 0 radical (unpaired) electrons. The number of hydrogen-bond donors (Lipinski definition) is 3. The van der Waals surface area contributed by atoms with Crippen LogP contribution in [-0.4, -0.2) is 33.8 Å². The van der Waals surface area contributed by atoms with Crippen LogP contribution < -0.4 is 0 Å². The first kappa shape index (κ1) is 18.2. The van der Waals surface area contributed by atoms with Crippen molar-refractivity contribution < 1.29 is 20.1 Å². The third-order valence-electron chi connectivity index (χ3n) is 4.59. The summed E-state index contributed by atoms with van der Waals surface area (Å²) in [4.78, 5) is 10.5. The monoisotopic (exact) mass is 298 g/mol. The maximum atomic E-state index is 10.5. The molecule has 1 saturated carbocycles. The standard InChI is InChI=1S/C17H30O4/c1-3-4-6-12(2)8-9-14(19)17-13(7-5-10-18)15(20)11-16(17)21/h9-10,12-13,15-17,19-21H,3-8,11H2,1-2H3/t12?,13-,15-,16-,17-/m1/s1. The van der Waals surface area contributed by atoms with E-state index in [-0.39, 0.29) is 18.1 Å². The molecule has 21 heavy (non-hydrogen) atoms. The Labute approximate surface area is 127 Å². The van der Waals surface area contributed by atoms with E-state index in [1.54, 1.807) is 6.08 Å². The first-order valence-corrected chi connectivity index (χ1v) is 8.20. The fourth-order valence-corrected chi connectivity index (χ4v) is 3.27. The van der Waals surface area contributed by atoms with E-state index in [0.29, 0.717) is 18.8 Å². The first-order chi connectivity index (χ1) is 10.0. The van der Waals surface area contributed by atoms with Crippen LogP contribution in [0.2, 0.25) is 0 Å². The Hall–Kier alpha value is -0.870. The number of unbranched alkanes of at least 4 members (excludes halogenated alkanes) is 1. The van der Waals surface area contributed by atoms with Gasteiger partial charge in [0.1, 0.15) is 6.29 Å². The summed E-state index contributed by atoms with van der Waals surface area (Å²) in [6.45, 7) is 4.32.